The van der Waals surface area contributed by atoms with Gasteiger partial charge < -0.3 is 15.4 Å². The Balaban J connectivity index is 0. The van der Waals surface area contributed by atoms with Crippen molar-refractivity contribution in [3.05, 3.63) is 38.9 Å². The molecule has 0 aromatic carbocycles. The zero-order valence-electron chi connectivity index (χ0n) is 6.10. The van der Waals surface area contributed by atoms with Crippen molar-refractivity contribution < 1.29 is 20.6 Å². The van der Waals surface area contributed by atoms with Crippen LogP contribution in [0.5, 0.6) is 0 Å². The maximum absolute atomic E-state index is 8.36. The van der Waals surface area contributed by atoms with E-state index in [2.05, 4.69) is 9.97 Å². The van der Waals surface area contributed by atoms with E-state index in [9.17, 15) is 0 Å². The van der Waals surface area contributed by atoms with Crippen LogP contribution in [0.4, 0.5) is 0 Å². The quantitative estimate of drug-likeness (QED) is 0.378. The van der Waals surface area contributed by atoms with Crippen LogP contribution in [-0.4, -0.2) is 30.6 Å². The first-order chi connectivity index (χ1) is 5.96. The van der Waals surface area contributed by atoms with Gasteiger partial charge in [-0.05, 0) is 0 Å². The lowest BCUT2D eigenvalue weighted by Gasteiger charge is -1.56. The third-order valence-electron chi connectivity index (χ3n) is 0.406. The molecule has 1 heterocycles. The standard InChI is InChI=1S/C3H4N2.2HNO3/c1-2-5-3-4-1;2*2-1(3)4/h1-3H,(H,4,5);2*(H,2,3,4). The Hall–Kier alpha value is -2.39. The average molecular weight is 194 g/mol. The predicted molar refractivity (Wildman–Crippen MR) is 36.1 cm³/mol. The first-order valence-corrected chi connectivity index (χ1v) is 2.56. The molecule has 0 saturated heterocycles. The van der Waals surface area contributed by atoms with Crippen molar-refractivity contribution in [3.63, 3.8) is 0 Å². The third-order valence-corrected chi connectivity index (χ3v) is 0.406. The summed E-state index contributed by atoms with van der Waals surface area (Å²) in [6.07, 6.45) is 5.08. The van der Waals surface area contributed by atoms with E-state index in [1.54, 1.807) is 18.7 Å². The van der Waals surface area contributed by atoms with Gasteiger partial charge in [0.25, 0.3) is 10.2 Å². The van der Waals surface area contributed by atoms with Crippen LogP contribution in [-0.2, 0) is 0 Å². The Kier molecular flexibility index (Phi) is 9.77. The molecule has 1 aromatic heterocycles. The minimum absolute atomic E-state index is 1.50. The number of hydrogen-bond donors (Lipinski definition) is 3. The topological polar surface area (TPSA) is 155 Å². The molecule has 0 atom stereocenters. The molecule has 0 aliphatic rings. The average Bonchev–Trinajstić information content (AvgIpc) is 2.35. The van der Waals surface area contributed by atoms with Gasteiger partial charge in [-0.25, -0.2) is 4.98 Å². The van der Waals surface area contributed by atoms with Crippen LogP contribution in [0, 0.1) is 20.2 Å². The number of imidazole rings is 1. The second-order valence-electron chi connectivity index (χ2n) is 1.24. The Morgan fingerprint density at radius 2 is 1.62 bits per heavy atom. The zero-order chi connectivity index (χ0) is 10.7. The van der Waals surface area contributed by atoms with Crippen molar-refractivity contribution in [2.75, 3.05) is 0 Å². The fourth-order valence-corrected chi connectivity index (χ4v) is 0.215. The molecule has 10 nitrogen and oxygen atoms in total. The molecular weight excluding hydrogens is 188 g/mol. The molecule has 0 radical (unpaired) electrons. The third kappa shape index (κ3) is 81.7. The molecule has 1 aromatic rings. The van der Waals surface area contributed by atoms with E-state index in [1.807, 2.05) is 0 Å². The van der Waals surface area contributed by atoms with Crippen molar-refractivity contribution in [1.29, 1.82) is 0 Å². The molecule has 0 fully saturated rings. The number of aromatic amines is 1. The molecule has 0 spiro atoms. The Morgan fingerprint density at radius 3 is 1.69 bits per heavy atom. The van der Waals surface area contributed by atoms with Gasteiger partial charge in [0.05, 0.1) is 6.33 Å². The maximum atomic E-state index is 8.36. The van der Waals surface area contributed by atoms with Crippen molar-refractivity contribution in [3.8, 4) is 0 Å². The van der Waals surface area contributed by atoms with Gasteiger partial charge in [0.2, 0.25) is 0 Å². The number of H-pyrrole nitrogens is 1. The van der Waals surface area contributed by atoms with Gasteiger partial charge in [-0.2, -0.15) is 0 Å². The Morgan fingerprint density at radius 1 is 1.23 bits per heavy atom. The molecule has 0 bridgehead atoms. The lowest BCUT2D eigenvalue weighted by atomic mass is 11.0. The first kappa shape index (κ1) is 13.2. The zero-order valence-corrected chi connectivity index (χ0v) is 6.10. The summed E-state index contributed by atoms with van der Waals surface area (Å²) in [6, 6.07) is 0. The smallest absolute Gasteiger partial charge is 0.291 e. The highest BCUT2D eigenvalue weighted by Crippen LogP contribution is 1.62. The fraction of sp³-hybridized carbons (Fsp3) is 0. The molecule has 74 valence electrons. The molecule has 1 rings (SSSR count). The minimum atomic E-state index is -1.50. The Labute approximate surface area is 70.7 Å². The molecule has 0 unspecified atom stereocenters. The van der Waals surface area contributed by atoms with Crippen LogP contribution in [0.25, 0.3) is 0 Å². The minimum Gasteiger partial charge on any atom is -0.351 e. The monoisotopic (exact) mass is 194 g/mol. The number of nitrogens with one attached hydrogen (secondary N) is 1. The largest absolute Gasteiger partial charge is 0.351 e. The van der Waals surface area contributed by atoms with Crippen molar-refractivity contribution in [2.24, 2.45) is 0 Å². The summed E-state index contributed by atoms with van der Waals surface area (Å²) in [5.74, 6) is 0. The molecule has 0 aliphatic carbocycles. The molecule has 13 heavy (non-hydrogen) atoms. The number of aromatic nitrogens is 2. The van der Waals surface area contributed by atoms with Crippen molar-refractivity contribution >= 4 is 0 Å². The summed E-state index contributed by atoms with van der Waals surface area (Å²) < 4.78 is 0. The Bertz CT molecular complexity index is 185. The lowest BCUT2D eigenvalue weighted by Crippen LogP contribution is -1.81. The van der Waals surface area contributed by atoms with E-state index in [1.165, 1.54) is 0 Å². The number of hydrogen-bond acceptors (Lipinski definition) is 5. The molecule has 10 heteroatoms. The molecule has 0 aliphatic heterocycles. The van der Waals surface area contributed by atoms with Gasteiger partial charge in [-0.15, -0.1) is 20.2 Å². The maximum Gasteiger partial charge on any atom is 0.291 e. The van der Waals surface area contributed by atoms with Crippen molar-refractivity contribution in [1.82, 2.24) is 9.97 Å². The molecular formula is C3H6N4O6. The van der Waals surface area contributed by atoms with Gasteiger partial charge in [0.15, 0.2) is 0 Å². The van der Waals surface area contributed by atoms with Crippen molar-refractivity contribution in [2.45, 2.75) is 0 Å². The van der Waals surface area contributed by atoms with Crippen LogP contribution in [0.2, 0.25) is 0 Å². The second kappa shape index (κ2) is 9.61. The summed E-state index contributed by atoms with van der Waals surface area (Å²) in [6.45, 7) is 0. The van der Waals surface area contributed by atoms with E-state index in [0.717, 1.165) is 0 Å². The summed E-state index contributed by atoms with van der Waals surface area (Å²) >= 11 is 0. The van der Waals surface area contributed by atoms with Gasteiger partial charge in [-0.3, -0.25) is 0 Å². The van der Waals surface area contributed by atoms with Crippen LogP contribution < -0.4 is 0 Å². The highest BCUT2D eigenvalue weighted by molar-refractivity contribution is 4.64. The van der Waals surface area contributed by atoms with E-state index < -0.39 is 10.2 Å². The highest BCUT2D eigenvalue weighted by atomic mass is 16.9. The molecule has 0 saturated carbocycles. The van der Waals surface area contributed by atoms with E-state index in [-0.39, 0.29) is 0 Å². The van der Waals surface area contributed by atoms with Gasteiger partial charge in [0, 0.05) is 12.4 Å². The van der Waals surface area contributed by atoms with E-state index in [4.69, 9.17) is 30.6 Å². The van der Waals surface area contributed by atoms with E-state index >= 15 is 0 Å². The predicted octanol–water partition coefficient (Wildman–Crippen LogP) is -0.286. The first-order valence-electron chi connectivity index (χ1n) is 2.56. The highest BCUT2D eigenvalue weighted by Gasteiger charge is 1.65. The summed E-state index contributed by atoms with van der Waals surface area (Å²) in [5, 5.41) is 27.3. The normalized spacial score (nSPS) is 6.77. The van der Waals surface area contributed by atoms with Crippen LogP contribution >= 0.6 is 0 Å². The SMILES string of the molecule is O=[N+]([O-])O.O=[N+]([O-])O.c1c[nH]cn1. The summed E-state index contributed by atoms with van der Waals surface area (Å²) in [4.78, 5) is 23.1. The van der Waals surface area contributed by atoms with Gasteiger partial charge in [-0.1, -0.05) is 0 Å². The van der Waals surface area contributed by atoms with Gasteiger partial charge in [0.1, 0.15) is 0 Å². The fourth-order valence-electron chi connectivity index (χ4n) is 0.215. The number of nitrogens with zero attached hydrogens (tertiary/aromatic N) is 3. The van der Waals surface area contributed by atoms with Crippen LogP contribution in [0.15, 0.2) is 18.7 Å². The summed E-state index contributed by atoms with van der Waals surface area (Å²) in [7, 11) is 0. The molecule has 3 N–H and O–H groups in total. The molecule has 0 amide bonds. The van der Waals surface area contributed by atoms with E-state index in [0.29, 0.717) is 0 Å². The lowest BCUT2D eigenvalue weighted by molar-refractivity contribution is -0.742. The van der Waals surface area contributed by atoms with Gasteiger partial charge >= 0.3 is 0 Å². The second-order valence-corrected chi connectivity index (χ2v) is 1.24. The summed E-state index contributed by atoms with van der Waals surface area (Å²) in [5.41, 5.74) is 0. The van der Waals surface area contributed by atoms with Crippen LogP contribution in [0.3, 0.4) is 0 Å². The number of rotatable bonds is 0. The van der Waals surface area contributed by atoms with Crippen LogP contribution in [0.1, 0.15) is 0 Å².